The van der Waals surface area contributed by atoms with Gasteiger partial charge in [-0.05, 0) is 47.8 Å². The molecular weight excluding hydrogens is 270 g/mol. The van der Waals surface area contributed by atoms with Crippen LogP contribution in [0.15, 0.2) is 42.5 Å². The third-order valence-corrected chi connectivity index (χ3v) is 3.84. The zero-order valence-corrected chi connectivity index (χ0v) is 11.8. The molecule has 0 atom stereocenters. The highest BCUT2D eigenvalue weighted by Crippen LogP contribution is 2.20. The first-order valence-corrected chi connectivity index (χ1v) is 7.16. The highest BCUT2D eigenvalue weighted by atomic mass is 32.1. The molecule has 3 aromatic rings. The molecule has 3 rings (SSSR count). The molecule has 0 saturated heterocycles. The number of aromatic nitrogens is 2. The number of nitrogens with one attached hydrogen (secondary N) is 1. The van der Waals surface area contributed by atoms with E-state index in [9.17, 15) is 4.79 Å². The highest BCUT2D eigenvalue weighted by Gasteiger charge is 2.10. The van der Waals surface area contributed by atoms with Gasteiger partial charge in [0.2, 0.25) is 0 Å². The summed E-state index contributed by atoms with van der Waals surface area (Å²) in [4.78, 5) is 12.3. The molecule has 0 spiro atoms. The highest BCUT2D eigenvalue weighted by molar-refractivity contribution is 7.12. The molecule has 0 fully saturated rings. The van der Waals surface area contributed by atoms with Crippen LogP contribution in [-0.4, -0.2) is 15.5 Å². The summed E-state index contributed by atoms with van der Waals surface area (Å²) in [6.07, 6.45) is 0.883. The van der Waals surface area contributed by atoms with E-state index in [1.165, 1.54) is 11.5 Å². The molecule has 0 saturated carbocycles. The number of carbonyl (C=O) groups is 1. The van der Waals surface area contributed by atoms with Crippen molar-refractivity contribution in [3.63, 3.8) is 0 Å². The fraction of sp³-hybridized carbons (Fsp3) is 0.133. The first-order valence-electron chi connectivity index (χ1n) is 6.39. The number of rotatable bonds is 3. The Bertz CT molecular complexity index is 766. The topological polar surface area (TPSA) is 54.9 Å². The van der Waals surface area contributed by atoms with Crippen LogP contribution in [0.1, 0.15) is 22.8 Å². The van der Waals surface area contributed by atoms with E-state index < -0.39 is 0 Å². The number of carbonyl (C=O) groups excluding carboxylic acids is 1. The van der Waals surface area contributed by atoms with Gasteiger partial charge >= 0.3 is 0 Å². The molecule has 1 aromatic heterocycles. The van der Waals surface area contributed by atoms with E-state index in [2.05, 4.69) is 21.8 Å². The largest absolute Gasteiger partial charge is 0.322 e. The number of aryl methyl sites for hydroxylation is 1. The molecule has 100 valence electrons. The molecule has 0 unspecified atom stereocenters. The number of para-hydroxylation sites is 1. The Morgan fingerprint density at radius 1 is 1.25 bits per heavy atom. The van der Waals surface area contributed by atoms with Crippen molar-refractivity contribution in [2.75, 3.05) is 5.32 Å². The Balaban J connectivity index is 1.88. The summed E-state index contributed by atoms with van der Waals surface area (Å²) < 4.78 is 4.79. The Morgan fingerprint density at radius 2 is 2.10 bits per heavy atom. The minimum Gasteiger partial charge on any atom is -0.322 e. The lowest BCUT2D eigenvalue weighted by atomic mass is 10.1. The van der Waals surface area contributed by atoms with Crippen molar-refractivity contribution in [3.8, 4) is 0 Å². The van der Waals surface area contributed by atoms with Crippen LogP contribution >= 0.6 is 11.5 Å². The van der Waals surface area contributed by atoms with Crippen molar-refractivity contribution >= 4 is 33.3 Å². The Labute approximate surface area is 120 Å². The Hall–Kier alpha value is -2.27. The Morgan fingerprint density at radius 3 is 2.95 bits per heavy atom. The van der Waals surface area contributed by atoms with Gasteiger partial charge in [-0.3, -0.25) is 4.79 Å². The van der Waals surface area contributed by atoms with Crippen molar-refractivity contribution in [2.45, 2.75) is 13.3 Å². The molecule has 0 aliphatic rings. The third-order valence-electron chi connectivity index (χ3n) is 3.16. The maximum Gasteiger partial charge on any atom is 0.255 e. The maximum absolute atomic E-state index is 12.3. The molecule has 1 N–H and O–H groups in total. The zero-order chi connectivity index (χ0) is 13.9. The van der Waals surface area contributed by atoms with Crippen LogP contribution in [0.2, 0.25) is 0 Å². The van der Waals surface area contributed by atoms with Gasteiger partial charge in [0.15, 0.2) is 0 Å². The second-order valence-electron chi connectivity index (χ2n) is 4.42. The van der Waals surface area contributed by atoms with E-state index in [0.717, 1.165) is 27.9 Å². The summed E-state index contributed by atoms with van der Waals surface area (Å²) in [5.74, 6) is -0.110. The predicted molar refractivity (Wildman–Crippen MR) is 81.2 cm³/mol. The number of benzene rings is 2. The van der Waals surface area contributed by atoms with Gasteiger partial charge in [0.25, 0.3) is 5.91 Å². The monoisotopic (exact) mass is 283 g/mol. The first kappa shape index (κ1) is 12.7. The SMILES string of the molecule is CCc1ccccc1NC(=O)c1ccc2nnsc2c1. The Kier molecular flexibility index (Phi) is 3.43. The van der Waals surface area contributed by atoms with Crippen molar-refractivity contribution in [2.24, 2.45) is 0 Å². The van der Waals surface area contributed by atoms with Gasteiger partial charge < -0.3 is 5.32 Å². The molecule has 0 aliphatic carbocycles. The molecule has 0 radical (unpaired) electrons. The minimum absolute atomic E-state index is 0.110. The third kappa shape index (κ3) is 2.40. The predicted octanol–water partition coefficient (Wildman–Crippen LogP) is 3.51. The van der Waals surface area contributed by atoms with E-state index in [0.29, 0.717) is 5.56 Å². The molecule has 2 aromatic carbocycles. The molecule has 5 heteroatoms. The van der Waals surface area contributed by atoms with Crippen molar-refractivity contribution in [3.05, 3.63) is 53.6 Å². The van der Waals surface area contributed by atoms with Crippen molar-refractivity contribution < 1.29 is 4.79 Å². The summed E-state index contributed by atoms with van der Waals surface area (Å²) in [5, 5.41) is 6.93. The van der Waals surface area contributed by atoms with Crippen LogP contribution in [0.3, 0.4) is 0 Å². The lowest BCUT2D eigenvalue weighted by Crippen LogP contribution is -2.13. The number of nitrogens with zero attached hydrogens (tertiary/aromatic N) is 2. The van der Waals surface area contributed by atoms with Gasteiger partial charge in [-0.25, -0.2) is 0 Å². The van der Waals surface area contributed by atoms with Gasteiger partial charge in [-0.2, -0.15) is 0 Å². The summed E-state index contributed by atoms with van der Waals surface area (Å²) >= 11 is 1.29. The summed E-state index contributed by atoms with van der Waals surface area (Å²) in [6, 6.07) is 13.3. The normalized spacial score (nSPS) is 10.7. The van der Waals surface area contributed by atoms with Crippen LogP contribution in [0.5, 0.6) is 0 Å². The second kappa shape index (κ2) is 5.38. The van der Waals surface area contributed by atoms with Crippen LogP contribution in [0, 0.1) is 0 Å². The molecule has 1 heterocycles. The molecule has 0 aliphatic heterocycles. The quantitative estimate of drug-likeness (QED) is 0.800. The zero-order valence-electron chi connectivity index (χ0n) is 11.0. The van der Waals surface area contributed by atoms with Crippen molar-refractivity contribution in [1.29, 1.82) is 0 Å². The fourth-order valence-corrected chi connectivity index (χ4v) is 2.66. The average molecular weight is 283 g/mol. The maximum atomic E-state index is 12.3. The molecular formula is C15H13N3OS. The number of amides is 1. The molecule has 20 heavy (non-hydrogen) atoms. The van der Waals surface area contributed by atoms with Gasteiger partial charge in [0, 0.05) is 11.3 Å². The van der Waals surface area contributed by atoms with Crippen LogP contribution < -0.4 is 5.32 Å². The first-order chi connectivity index (χ1) is 9.78. The van der Waals surface area contributed by atoms with E-state index in [4.69, 9.17) is 0 Å². The molecule has 0 bridgehead atoms. The molecule has 4 nitrogen and oxygen atoms in total. The standard InChI is InChI=1S/C15H13N3OS/c1-2-10-5-3-4-6-12(10)16-15(19)11-7-8-13-14(9-11)20-18-17-13/h3-9H,2H2,1H3,(H,16,19). The van der Waals surface area contributed by atoms with E-state index in [-0.39, 0.29) is 5.91 Å². The van der Waals surface area contributed by atoms with Crippen LogP contribution in [0.4, 0.5) is 5.69 Å². The van der Waals surface area contributed by atoms with Gasteiger partial charge in [0.05, 0.1) is 4.70 Å². The number of hydrogen-bond donors (Lipinski definition) is 1. The lowest BCUT2D eigenvalue weighted by Gasteiger charge is -2.09. The fourth-order valence-electron chi connectivity index (χ4n) is 2.06. The van der Waals surface area contributed by atoms with Crippen LogP contribution in [0.25, 0.3) is 10.2 Å². The van der Waals surface area contributed by atoms with Crippen LogP contribution in [-0.2, 0) is 6.42 Å². The van der Waals surface area contributed by atoms with Crippen molar-refractivity contribution in [1.82, 2.24) is 9.59 Å². The van der Waals surface area contributed by atoms with E-state index >= 15 is 0 Å². The number of anilines is 1. The average Bonchev–Trinajstić information content (AvgIpc) is 2.95. The smallest absolute Gasteiger partial charge is 0.255 e. The van der Waals surface area contributed by atoms with E-state index in [1.54, 1.807) is 6.07 Å². The minimum atomic E-state index is -0.110. The van der Waals surface area contributed by atoms with Gasteiger partial charge in [-0.1, -0.05) is 29.6 Å². The second-order valence-corrected chi connectivity index (χ2v) is 5.21. The number of fused-ring (bicyclic) bond motifs is 1. The molecule has 1 amide bonds. The van der Waals surface area contributed by atoms with Gasteiger partial charge in [-0.15, -0.1) is 5.10 Å². The summed E-state index contributed by atoms with van der Waals surface area (Å²) in [6.45, 7) is 2.07. The van der Waals surface area contributed by atoms with E-state index in [1.807, 2.05) is 36.4 Å². The summed E-state index contributed by atoms with van der Waals surface area (Å²) in [5.41, 5.74) is 3.43. The van der Waals surface area contributed by atoms with Gasteiger partial charge in [0.1, 0.15) is 5.52 Å². The summed E-state index contributed by atoms with van der Waals surface area (Å²) in [7, 11) is 0. The number of hydrogen-bond acceptors (Lipinski definition) is 4. The lowest BCUT2D eigenvalue weighted by molar-refractivity contribution is 0.102.